The number of hydrogen-bond donors (Lipinski definition) is 0. The van der Waals surface area contributed by atoms with E-state index in [2.05, 4.69) is 9.97 Å². The molecule has 0 aliphatic rings. The summed E-state index contributed by atoms with van der Waals surface area (Å²) >= 11 is 1.26. The van der Waals surface area contributed by atoms with Crippen molar-refractivity contribution >= 4 is 34.6 Å². The van der Waals surface area contributed by atoms with Gasteiger partial charge in [0, 0.05) is 23.2 Å². The number of carbonyl (C=O) groups excluding carboxylic acids is 1. The predicted octanol–water partition coefficient (Wildman–Crippen LogP) is 4.27. The molecule has 29 heavy (non-hydrogen) atoms. The molecule has 2 aromatic heterocycles. The van der Waals surface area contributed by atoms with Gasteiger partial charge in [0.1, 0.15) is 5.52 Å². The molecule has 0 saturated carbocycles. The van der Waals surface area contributed by atoms with Crippen LogP contribution < -0.4 is 0 Å². The summed E-state index contributed by atoms with van der Waals surface area (Å²) in [7, 11) is 1.33. The van der Waals surface area contributed by atoms with Crippen molar-refractivity contribution in [3.05, 3.63) is 82.5 Å². The number of nitrogens with zero attached hydrogens (tertiary/aromatic N) is 4. The zero-order valence-corrected chi connectivity index (χ0v) is 16.0. The lowest BCUT2D eigenvalue weighted by atomic mass is 10.2. The first kappa shape index (κ1) is 18.6. The van der Waals surface area contributed by atoms with E-state index >= 15 is 0 Å². The fraction of sp³-hybridized carbons (Fsp3) is 0.0500. The van der Waals surface area contributed by atoms with Gasteiger partial charge in [0.25, 0.3) is 5.69 Å². The fourth-order valence-corrected chi connectivity index (χ4v) is 3.90. The van der Waals surface area contributed by atoms with Crippen LogP contribution in [0.3, 0.4) is 0 Å². The second kappa shape index (κ2) is 7.72. The van der Waals surface area contributed by atoms with Crippen LogP contribution in [0.25, 0.3) is 16.9 Å². The highest BCUT2D eigenvalue weighted by molar-refractivity contribution is 7.99. The van der Waals surface area contributed by atoms with Crippen LogP contribution in [0.4, 0.5) is 5.69 Å². The van der Waals surface area contributed by atoms with Crippen LogP contribution in [0.5, 0.6) is 0 Å². The molecule has 0 fully saturated rings. The van der Waals surface area contributed by atoms with Crippen molar-refractivity contribution in [2.24, 2.45) is 0 Å². The van der Waals surface area contributed by atoms with Crippen molar-refractivity contribution in [1.29, 1.82) is 0 Å². The van der Waals surface area contributed by atoms with E-state index in [-0.39, 0.29) is 5.69 Å². The highest BCUT2D eigenvalue weighted by Gasteiger charge is 2.19. The summed E-state index contributed by atoms with van der Waals surface area (Å²) in [4.78, 5) is 32.6. The van der Waals surface area contributed by atoms with Crippen molar-refractivity contribution in [3.63, 3.8) is 0 Å². The highest BCUT2D eigenvalue weighted by Crippen LogP contribution is 2.34. The van der Waals surface area contributed by atoms with E-state index in [1.807, 2.05) is 12.1 Å². The van der Waals surface area contributed by atoms with Crippen molar-refractivity contribution in [2.75, 3.05) is 7.11 Å². The van der Waals surface area contributed by atoms with Gasteiger partial charge in [0.2, 0.25) is 0 Å². The number of aromatic nitrogens is 3. The first-order valence-corrected chi connectivity index (χ1v) is 9.33. The Morgan fingerprint density at radius 1 is 1.14 bits per heavy atom. The highest BCUT2D eigenvalue weighted by atomic mass is 32.2. The molecule has 0 saturated heterocycles. The SMILES string of the molecule is COC(=O)c1ccccc1Sc1nc2cccnc2n1-c1cccc([N+](=O)[O-])c1. The van der Waals surface area contributed by atoms with E-state index in [9.17, 15) is 14.9 Å². The number of hydrogen-bond acceptors (Lipinski definition) is 7. The van der Waals surface area contributed by atoms with Gasteiger partial charge in [0.15, 0.2) is 10.8 Å². The number of benzene rings is 2. The average molecular weight is 406 g/mol. The zero-order chi connectivity index (χ0) is 20.4. The Morgan fingerprint density at radius 3 is 2.76 bits per heavy atom. The summed E-state index contributed by atoms with van der Waals surface area (Å²) in [5.74, 6) is -0.454. The van der Waals surface area contributed by atoms with Crippen LogP contribution in [0, 0.1) is 10.1 Å². The zero-order valence-electron chi connectivity index (χ0n) is 15.2. The van der Waals surface area contributed by atoms with Gasteiger partial charge in [-0.05, 0) is 30.3 Å². The van der Waals surface area contributed by atoms with Gasteiger partial charge in [0.05, 0.1) is 23.3 Å². The van der Waals surface area contributed by atoms with Crippen LogP contribution >= 0.6 is 11.8 Å². The molecule has 9 heteroatoms. The lowest BCUT2D eigenvalue weighted by Crippen LogP contribution is -2.04. The van der Waals surface area contributed by atoms with E-state index in [1.165, 1.54) is 31.0 Å². The maximum absolute atomic E-state index is 12.1. The van der Waals surface area contributed by atoms with Crippen LogP contribution in [-0.4, -0.2) is 32.5 Å². The molecule has 0 aliphatic carbocycles. The molecule has 8 nitrogen and oxygen atoms in total. The van der Waals surface area contributed by atoms with Crippen molar-refractivity contribution in [3.8, 4) is 5.69 Å². The number of methoxy groups -OCH3 is 1. The van der Waals surface area contributed by atoms with Gasteiger partial charge in [-0.3, -0.25) is 14.7 Å². The summed E-state index contributed by atoms with van der Waals surface area (Å²) in [5.41, 5.74) is 2.12. The number of non-ortho nitro benzene ring substituents is 1. The third-order valence-electron chi connectivity index (χ3n) is 4.18. The molecule has 0 spiro atoms. The quantitative estimate of drug-likeness (QED) is 0.277. The lowest BCUT2D eigenvalue weighted by Gasteiger charge is -2.10. The lowest BCUT2D eigenvalue weighted by molar-refractivity contribution is -0.384. The second-order valence-corrected chi connectivity index (χ2v) is 6.95. The number of imidazole rings is 1. The van der Waals surface area contributed by atoms with Crippen molar-refractivity contribution in [1.82, 2.24) is 14.5 Å². The van der Waals surface area contributed by atoms with Crippen LogP contribution in [0.15, 0.2) is 76.9 Å². The molecule has 4 rings (SSSR count). The number of pyridine rings is 1. The number of esters is 1. The second-order valence-electron chi connectivity index (χ2n) is 5.94. The Kier molecular flexibility index (Phi) is 4.96. The van der Waals surface area contributed by atoms with Gasteiger partial charge in [-0.25, -0.2) is 14.8 Å². The third-order valence-corrected chi connectivity index (χ3v) is 5.21. The molecule has 0 N–H and O–H groups in total. The molecular weight excluding hydrogens is 392 g/mol. The molecule has 144 valence electrons. The number of fused-ring (bicyclic) bond motifs is 1. The van der Waals surface area contributed by atoms with Crippen LogP contribution in [0.2, 0.25) is 0 Å². The number of rotatable bonds is 5. The molecule has 0 aliphatic heterocycles. The normalized spacial score (nSPS) is 10.8. The molecule has 0 atom stereocenters. The Morgan fingerprint density at radius 2 is 1.97 bits per heavy atom. The minimum Gasteiger partial charge on any atom is -0.465 e. The Hall–Kier alpha value is -3.72. The minimum absolute atomic E-state index is 0.0359. The molecule has 2 heterocycles. The first-order chi connectivity index (χ1) is 14.1. The van der Waals surface area contributed by atoms with E-state index in [0.29, 0.717) is 32.5 Å². The first-order valence-electron chi connectivity index (χ1n) is 8.52. The molecule has 0 unspecified atom stereocenters. The fourth-order valence-electron chi connectivity index (χ4n) is 2.87. The van der Waals surface area contributed by atoms with Gasteiger partial charge >= 0.3 is 5.97 Å². The van der Waals surface area contributed by atoms with Gasteiger partial charge < -0.3 is 4.74 Å². The van der Waals surface area contributed by atoms with Gasteiger partial charge in [-0.15, -0.1) is 0 Å². The van der Waals surface area contributed by atoms with E-state index in [0.717, 1.165) is 0 Å². The third kappa shape index (κ3) is 3.55. The number of nitro groups is 1. The Bertz CT molecular complexity index is 1240. The largest absolute Gasteiger partial charge is 0.465 e. The molecule has 4 aromatic rings. The minimum atomic E-state index is -0.454. The van der Waals surface area contributed by atoms with Crippen molar-refractivity contribution < 1.29 is 14.5 Å². The van der Waals surface area contributed by atoms with E-state index in [4.69, 9.17) is 4.74 Å². The van der Waals surface area contributed by atoms with Gasteiger partial charge in [-0.1, -0.05) is 30.0 Å². The summed E-state index contributed by atoms with van der Waals surface area (Å²) in [5, 5.41) is 11.7. The Balaban J connectivity index is 1.89. The smallest absolute Gasteiger partial charge is 0.339 e. The number of carbonyl (C=O) groups is 1. The maximum atomic E-state index is 12.1. The Labute approximate surface area is 169 Å². The predicted molar refractivity (Wildman–Crippen MR) is 107 cm³/mol. The van der Waals surface area contributed by atoms with Crippen molar-refractivity contribution in [2.45, 2.75) is 10.1 Å². The molecular formula is C20H14N4O4S. The topological polar surface area (TPSA) is 100 Å². The summed E-state index contributed by atoms with van der Waals surface area (Å²) < 4.78 is 6.60. The van der Waals surface area contributed by atoms with Gasteiger partial charge in [-0.2, -0.15) is 0 Å². The molecule has 0 bridgehead atoms. The monoisotopic (exact) mass is 406 g/mol. The number of ether oxygens (including phenoxy) is 1. The molecule has 0 radical (unpaired) electrons. The standard InChI is InChI=1S/C20H14N4O4S/c1-28-19(25)15-8-2-3-10-17(15)29-20-22-16-9-5-11-21-18(16)23(20)13-6-4-7-14(12-13)24(26)27/h2-12H,1H3. The summed E-state index contributed by atoms with van der Waals surface area (Å²) in [6, 6.07) is 16.9. The van der Waals surface area contributed by atoms with Crippen LogP contribution in [-0.2, 0) is 4.74 Å². The summed E-state index contributed by atoms with van der Waals surface area (Å²) in [6.45, 7) is 0. The van der Waals surface area contributed by atoms with E-state index < -0.39 is 10.9 Å². The molecule has 2 aromatic carbocycles. The van der Waals surface area contributed by atoms with E-state index in [1.54, 1.807) is 47.2 Å². The number of nitro benzene ring substituents is 1. The summed E-state index contributed by atoms with van der Waals surface area (Å²) in [6.07, 6.45) is 1.63. The molecule has 0 amide bonds. The maximum Gasteiger partial charge on any atom is 0.339 e. The average Bonchev–Trinajstić information content (AvgIpc) is 3.11. The van der Waals surface area contributed by atoms with Crippen LogP contribution in [0.1, 0.15) is 10.4 Å².